The van der Waals surface area contributed by atoms with Crippen LogP contribution in [0.5, 0.6) is 0 Å². The van der Waals surface area contributed by atoms with Crippen LogP contribution in [-0.4, -0.2) is 9.13 Å². The molecule has 7 heteroatoms. The fourth-order valence-electron chi connectivity index (χ4n) is 1.86. The van der Waals surface area contributed by atoms with Crippen LogP contribution in [0.15, 0.2) is 34.0 Å². The molecule has 0 saturated heterocycles. The highest BCUT2D eigenvalue weighted by molar-refractivity contribution is 6.30. The second-order valence-corrected chi connectivity index (χ2v) is 4.70. The molecule has 1 aromatic carbocycles. The van der Waals surface area contributed by atoms with Gasteiger partial charge in [-0.1, -0.05) is 17.7 Å². The number of anilines is 1. The van der Waals surface area contributed by atoms with Crippen molar-refractivity contribution in [3.05, 3.63) is 61.6 Å². The van der Waals surface area contributed by atoms with E-state index < -0.39 is 17.1 Å². The molecule has 5 nitrogen and oxygen atoms in total. The molecule has 106 valence electrons. The Morgan fingerprint density at radius 2 is 2.05 bits per heavy atom. The lowest BCUT2D eigenvalue weighted by atomic mass is 10.2. The number of nitrogen functional groups attached to an aromatic ring is 1. The smallest absolute Gasteiger partial charge is 0.331 e. The maximum absolute atomic E-state index is 13.4. The number of nitrogens with zero attached hydrogens (tertiary/aromatic N) is 2. The Balaban J connectivity index is 2.53. The fraction of sp³-hybridized carbons (Fsp3) is 0.231. The molecule has 0 aliphatic heterocycles. The van der Waals surface area contributed by atoms with E-state index in [1.54, 1.807) is 13.0 Å². The molecule has 0 saturated carbocycles. The highest BCUT2D eigenvalue weighted by Gasteiger charge is 2.10. The van der Waals surface area contributed by atoms with Gasteiger partial charge in [0, 0.05) is 12.7 Å². The van der Waals surface area contributed by atoms with Crippen molar-refractivity contribution >= 4 is 17.3 Å². The minimum absolute atomic E-state index is 0.0142. The Morgan fingerprint density at radius 3 is 2.65 bits per heavy atom. The number of rotatable bonds is 3. The van der Waals surface area contributed by atoms with Crippen molar-refractivity contribution in [3.8, 4) is 0 Å². The lowest BCUT2D eigenvalue weighted by Gasteiger charge is -2.10. The van der Waals surface area contributed by atoms with Gasteiger partial charge < -0.3 is 5.73 Å². The van der Waals surface area contributed by atoms with Crippen molar-refractivity contribution in [2.75, 3.05) is 5.73 Å². The third kappa shape index (κ3) is 2.60. The Hall–Kier alpha value is -2.08. The molecule has 2 rings (SSSR count). The van der Waals surface area contributed by atoms with Gasteiger partial charge in [-0.15, -0.1) is 0 Å². The zero-order valence-corrected chi connectivity index (χ0v) is 11.5. The zero-order chi connectivity index (χ0) is 14.9. The number of benzene rings is 1. The summed E-state index contributed by atoms with van der Waals surface area (Å²) >= 11 is 5.59. The predicted molar refractivity (Wildman–Crippen MR) is 75.6 cm³/mol. The van der Waals surface area contributed by atoms with Crippen LogP contribution in [0, 0.1) is 5.82 Å². The Morgan fingerprint density at radius 1 is 1.35 bits per heavy atom. The zero-order valence-electron chi connectivity index (χ0n) is 10.8. The monoisotopic (exact) mass is 297 g/mol. The first-order chi connectivity index (χ1) is 9.43. The van der Waals surface area contributed by atoms with Crippen molar-refractivity contribution in [3.63, 3.8) is 0 Å². The predicted octanol–water partition coefficient (Wildman–Crippen LogP) is 1.45. The van der Waals surface area contributed by atoms with Crippen molar-refractivity contribution in [1.29, 1.82) is 0 Å². The van der Waals surface area contributed by atoms with E-state index in [-0.39, 0.29) is 17.3 Å². The largest absolute Gasteiger partial charge is 0.393 e. The first-order valence-electron chi connectivity index (χ1n) is 5.97. The van der Waals surface area contributed by atoms with Gasteiger partial charge in [0.1, 0.15) is 11.5 Å². The molecule has 2 N–H and O–H groups in total. The van der Waals surface area contributed by atoms with E-state index in [9.17, 15) is 14.0 Å². The fourth-order valence-corrected chi connectivity index (χ4v) is 1.98. The molecule has 0 bridgehead atoms. The Labute approximate surface area is 119 Å². The summed E-state index contributed by atoms with van der Waals surface area (Å²) in [6, 6.07) is 4.12. The van der Waals surface area contributed by atoms with Gasteiger partial charge in [-0.3, -0.25) is 13.9 Å². The molecule has 0 unspecified atom stereocenters. The molecular formula is C13H13ClFN3O2. The highest BCUT2D eigenvalue weighted by Crippen LogP contribution is 2.15. The number of hydrogen-bond donors (Lipinski definition) is 1. The summed E-state index contributed by atoms with van der Waals surface area (Å²) in [5, 5.41) is -0.0142. The average Bonchev–Trinajstić information content (AvgIpc) is 2.42. The van der Waals surface area contributed by atoms with E-state index in [2.05, 4.69) is 0 Å². The molecule has 0 radical (unpaired) electrons. The van der Waals surface area contributed by atoms with Crippen LogP contribution >= 0.6 is 11.6 Å². The van der Waals surface area contributed by atoms with Crippen LogP contribution in [0.25, 0.3) is 0 Å². The molecule has 0 atom stereocenters. The van der Waals surface area contributed by atoms with E-state index in [4.69, 9.17) is 17.3 Å². The summed E-state index contributed by atoms with van der Waals surface area (Å²) in [6.07, 6.45) is 1.31. The van der Waals surface area contributed by atoms with Crippen LogP contribution in [-0.2, 0) is 13.1 Å². The molecule has 20 heavy (non-hydrogen) atoms. The summed E-state index contributed by atoms with van der Waals surface area (Å²) in [7, 11) is 0. The third-order valence-corrected chi connectivity index (χ3v) is 3.24. The Bertz CT molecular complexity index is 767. The number of nitrogens with two attached hydrogens (primary N) is 1. The molecule has 0 fully saturated rings. The van der Waals surface area contributed by atoms with Gasteiger partial charge in [0.2, 0.25) is 0 Å². The third-order valence-electron chi connectivity index (χ3n) is 2.93. The van der Waals surface area contributed by atoms with Crippen molar-refractivity contribution in [1.82, 2.24) is 9.13 Å². The van der Waals surface area contributed by atoms with Gasteiger partial charge in [0.05, 0.1) is 11.6 Å². The summed E-state index contributed by atoms with van der Waals surface area (Å²) in [5.74, 6) is -0.600. The van der Waals surface area contributed by atoms with E-state index in [1.165, 1.54) is 22.9 Å². The van der Waals surface area contributed by atoms with E-state index in [0.717, 1.165) is 4.57 Å². The van der Waals surface area contributed by atoms with Crippen LogP contribution in [0.1, 0.15) is 12.5 Å². The summed E-state index contributed by atoms with van der Waals surface area (Å²) in [6.45, 7) is 2.09. The van der Waals surface area contributed by atoms with Gasteiger partial charge in [-0.25, -0.2) is 9.18 Å². The SMILES string of the molecule is CCn1cc(N)c(=O)n(Cc2ccc(Cl)c(F)c2)c1=O. The number of halogens is 2. The second kappa shape index (κ2) is 5.50. The van der Waals surface area contributed by atoms with Gasteiger partial charge in [-0.2, -0.15) is 0 Å². The van der Waals surface area contributed by atoms with Crippen molar-refractivity contribution in [2.24, 2.45) is 0 Å². The maximum atomic E-state index is 13.4. The van der Waals surface area contributed by atoms with Gasteiger partial charge in [0.25, 0.3) is 5.56 Å². The van der Waals surface area contributed by atoms with E-state index in [1.807, 2.05) is 0 Å². The number of aromatic nitrogens is 2. The lowest BCUT2D eigenvalue weighted by molar-refractivity contribution is 0.595. The minimum atomic E-state index is -0.600. The van der Waals surface area contributed by atoms with Crippen LogP contribution in [0.4, 0.5) is 10.1 Å². The van der Waals surface area contributed by atoms with E-state index in [0.29, 0.717) is 12.1 Å². The number of aryl methyl sites for hydroxylation is 1. The molecule has 2 aromatic rings. The molecule has 1 aromatic heterocycles. The van der Waals surface area contributed by atoms with E-state index >= 15 is 0 Å². The normalized spacial score (nSPS) is 10.8. The molecule has 1 heterocycles. The van der Waals surface area contributed by atoms with Crippen LogP contribution in [0.3, 0.4) is 0 Å². The molecular weight excluding hydrogens is 285 g/mol. The van der Waals surface area contributed by atoms with Crippen LogP contribution < -0.4 is 17.0 Å². The number of hydrogen-bond acceptors (Lipinski definition) is 3. The molecule has 0 spiro atoms. The minimum Gasteiger partial charge on any atom is -0.393 e. The maximum Gasteiger partial charge on any atom is 0.331 e. The highest BCUT2D eigenvalue weighted by atomic mass is 35.5. The van der Waals surface area contributed by atoms with Crippen LogP contribution in [0.2, 0.25) is 5.02 Å². The lowest BCUT2D eigenvalue weighted by Crippen LogP contribution is -2.40. The molecule has 0 amide bonds. The summed E-state index contributed by atoms with van der Waals surface area (Å²) in [5.41, 5.74) is 4.94. The average molecular weight is 298 g/mol. The molecule has 0 aliphatic rings. The summed E-state index contributed by atoms with van der Waals surface area (Å²) < 4.78 is 15.7. The van der Waals surface area contributed by atoms with Gasteiger partial charge in [0.15, 0.2) is 0 Å². The van der Waals surface area contributed by atoms with Gasteiger partial charge >= 0.3 is 5.69 Å². The standard InChI is InChI=1S/C13H13ClFN3O2/c1-2-17-7-11(16)12(19)18(13(17)20)6-8-3-4-9(14)10(15)5-8/h3-5,7H,2,6,16H2,1H3. The second-order valence-electron chi connectivity index (χ2n) is 4.29. The van der Waals surface area contributed by atoms with Crippen molar-refractivity contribution < 1.29 is 4.39 Å². The Kier molecular flexibility index (Phi) is 3.94. The first-order valence-corrected chi connectivity index (χ1v) is 6.35. The van der Waals surface area contributed by atoms with Gasteiger partial charge in [-0.05, 0) is 24.6 Å². The first kappa shape index (κ1) is 14.3. The van der Waals surface area contributed by atoms with Crippen molar-refractivity contribution in [2.45, 2.75) is 20.0 Å². The quantitative estimate of drug-likeness (QED) is 0.932. The summed E-state index contributed by atoms with van der Waals surface area (Å²) in [4.78, 5) is 24.0. The topological polar surface area (TPSA) is 70.0 Å². The molecule has 0 aliphatic carbocycles.